The number of rotatable bonds is 3. The molecule has 1 saturated heterocycles. The molecule has 0 aliphatic carbocycles. The van der Waals surface area contributed by atoms with Crippen molar-refractivity contribution >= 4 is 11.6 Å². The van der Waals surface area contributed by atoms with Gasteiger partial charge in [0.25, 0.3) is 0 Å². The number of nitrogens with zero attached hydrogens (tertiary/aromatic N) is 1. The van der Waals surface area contributed by atoms with Crippen LogP contribution >= 0.6 is 0 Å². The summed E-state index contributed by atoms with van der Waals surface area (Å²) in [7, 11) is 0. The molecule has 1 atom stereocenters. The number of benzene rings is 1. The van der Waals surface area contributed by atoms with Crippen LogP contribution in [0.1, 0.15) is 26.7 Å². The number of piperidine rings is 1. The fraction of sp³-hybridized carbons (Fsp3) is 0.500. The molecule has 0 aromatic heterocycles. The Morgan fingerprint density at radius 1 is 1.33 bits per heavy atom. The summed E-state index contributed by atoms with van der Waals surface area (Å²) in [6.07, 6.45) is 1.47. The number of carbonyl (C=O) groups is 1. The van der Waals surface area contributed by atoms with Crippen LogP contribution in [0.15, 0.2) is 24.3 Å². The van der Waals surface area contributed by atoms with Crippen molar-refractivity contribution in [3.8, 4) is 5.75 Å². The SMILES string of the molecule is CC(C)Oc1ccc(N2CC(N)CCC2=O)cc1. The van der Waals surface area contributed by atoms with Crippen LogP contribution in [0.4, 0.5) is 5.69 Å². The Hall–Kier alpha value is -1.55. The molecule has 1 aromatic carbocycles. The molecule has 2 rings (SSSR count). The van der Waals surface area contributed by atoms with E-state index in [9.17, 15) is 4.79 Å². The Labute approximate surface area is 108 Å². The molecule has 2 N–H and O–H groups in total. The molecular weight excluding hydrogens is 228 g/mol. The molecule has 4 nitrogen and oxygen atoms in total. The first-order chi connectivity index (χ1) is 8.56. The minimum absolute atomic E-state index is 0.0780. The summed E-state index contributed by atoms with van der Waals surface area (Å²) in [5.41, 5.74) is 6.80. The van der Waals surface area contributed by atoms with E-state index in [4.69, 9.17) is 10.5 Å². The smallest absolute Gasteiger partial charge is 0.227 e. The van der Waals surface area contributed by atoms with E-state index in [1.165, 1.54) is 0 Å². The Bertz CT molecular complexity index is 414. The zero-order valence-corrected chi connectivity index (χ0v) is 10.9. The van der Waals surface area contributed by atoms with Crippen molar-refractivity contribution in [2.24, 2.45) is 5.73 Å². The van der Waals surface area contributed by atoms with Crippen molar-refractivity contribution in [3.05, 3.63) is 24.3 Å². The van der Waals surface area contributed by atoms with Crippen molar-refractivity contribution in [1.82, 2.24) is 0 Å². The number of amides is 1. The highest BCUT2D eigenvalue weighted by Crippen LogP contribution is 2.23. The molecule has 1 heterocycles. The molecule has 1 fully saturated rings. The average Bonchev–Trinajstić information content (AvgIpc) is 2.33. The molecule has 98 valence electrons. The van der Waals surface area contributed by atoms with Gasteiger partial charge in [-0.2, -0.15) is 0 Å². The highest BCUT2D eigenvalue weighted by molar-refractivity contribution is 5.94. The third kappa shape index (κ3) is 3.01. The summed E-state index contributed by atoms with van der Waals surface area (Å²) in [6, 6.07) is 7.68. The van der Waals surface area contributed by atoms with Gasteiger partial charge in [0.1, 0.15) is 5.75 Å². The summed E-state index contributed by atoms with van der Waals surface area (Å²) in [5, 5.41) is 0. The fourth-order valence-electron chi connectivity index (χ4n) is 2.10. The fourth-order valence-corrected chi connectivity index (χ4v) is 2.10. The Morgan fingerprint density at radius 3 is 2.61 bits per heavy atom. The molecular formula is C14H20N2O2. The number of carbonyl (C=O) groups excluding carboxylic acids is 1. The van der Waals surface area contributed by atoms with Gasteiger partial charge in [-0.05, 0) is 44.5 Å². The minimum Gasteiger partial charge on any atom is -0.491 e. The molecule has 0 radical (unpaired) electrons. The molecule has 1 aliphatic heterocycles. The molecule has 1 aromatic rings. The third-order valence-electron chi connectivity index (χ3n) is 2.97. The van der Waals surface area contributed by atoms with Crippen molar-refractivity contribution < 1.29 is 9.53 Å². The van der Waals surface area contributed by atoms with E-state index in [1.807, 2.05) is 38.1 Å². The van der Waals surface area contributed by atoms with E-state index in [0.717, 1.165) is 17.9 Å². The van der Waals surface area contributed by atoms with Crippen molar-refractivity contribution in [2.75, 3.05) is 11.4 Å². The van der Waals surface area contributed by atoms with E-state index in [0.29, 0.717) is 13.0 Å². The summed E-state index contributed by atoms with van der Waals surface area (Å²) in [5.74, 6) is 0.969. The van der Waals surface area contributed by atoms with Gasteiger partial charge in [0.15, 0.2) is 0 Å². The molecule has 0 bridgehead atoms. The standard InChI is InChI=1S/C14H20N2O2/c1-10(2)18-13-6-4-12(5-7-13)16-9-11(15)3-8-14(16)17/h4-7,10-11H,3,8-9,15H2,1-2H3. The molecule has 4 heteroatoms. The third-order valence-corrected chi connectivity index (χ3v) is 2.97. The van der Waals surface area contributed by atoms with Crippen LogP contribution in [-0.2, 0) is 4.79 Å². The first-order valence-corrected chi connectivity index (χ1v) is 6.39. The lowest BCUT2D eigenvalue weighted by molar-refractivity contribution is -0.119. The van der Waals surface area contributed by atoms with Gasteiger partial charge in [-0.1, -0.05) is 0 Å². The normalized spacial score (nSPS) is 20.3. The summed E-state index contributed by atoms with van der Waals surface area (Å²) < 4.78 is 5.58. The van der Waals surface area contributed by atoms with Crippen LogP contribution in [-0.4, -0.2) is 24.6 Å². The zero-order chi connectivity index (χ0) is 13.1. The second-order valence-corrected chi connectivity index (χ2v) is 4.96. The number of hydrogen-bond acceptors (Lipinski definition) is 3. The monoisotopic (exact) mass is 248 g/mol. The van der Waals surface area contributed by atoms with Crippen LogP contribution in [0.3, 0.4) is 0 Å². The van der Waals surface area contributed by atoms with Gasteiger partial charge in [-0.3, -0.25) is 4.79 Å². The maximum atomic E-state index is 11.8. The molecule has 0 spiro atoms. The van der Waals surface area contributed by atoms with Crippen LogP contribution in [0.5, 0.6) is 5.75 Å². The van der Waals surface area contributed by atoms with Gasteiger partial charge in [0.2, 0.25) is 5.91 Å². The molecule has 0 saturated carbocycles. The van der Waals surface area contributed by atoms with E-state index in [2.05, 4.69) is 0 Å². The maximum Gasteiger partial charge on any atom is 0.227 e. The number of nitrogens with two attached hydrogens (primary N) is 1. The lowest BCUT2D eigenvalue weighted by atomic mass is 10.1. The zero-order valence-electron chi connectivity index (χ0n) is 10.9. The largest absolute Gasteiger partial charge is 0.491 e. The minimum atomic E-state index is 0.0780. The van der Waals surface area contributed by atoms with Gasteiger partial charge < -0.3 is 15.4 Å². The topological polar surface area (TPSA) is 55.6 Å². The average molecular weight is 248 g/mol. The Morgan fingerprint density at radius 2 is 2.00 bits per heavy atom. The van der Waals surface area contributed by atoms with Crippen LogP contribution in [0, 0.1) is 0 Å². The van der Waals surface area contributed by atoms with Gasteiger partial charge in [0, 0.05) is 24.7 Å². The number of ether oxygens (including phenoxy) is 1. The Kier molecular flexibility index (Phi) is 3.87. The predicted octanol–water partition coefficient (Wildman–Crippen LogP) is 1.93. The molecule has 1 aliphatic rings. The quantitative estimate of drug-likeness (QED) is 0.889. The first kappa shape index (κ1) is 12.9. The van der Waals surface area contributed by atoms with Gasteiger partial charge in [0.05, 0.1) is 6.10 Å². The molecule has 18 heavy (non-hydrogen) atoms. The summed E-state index contributed by atoms with van der Waals surface area (Å²) >= 11 is 0. The van der Waals surface area contributed by atoms with E-state index in [-0.39, 0.29) is 18.1 Å². The highest BCUT2D eigenvalue weighted by atomic mass is 16.5. The first-order valence-electron chi connectivity index (χ1n) is 6.39. The lowest BCUT2D eigenvalue weighted by Crippen LogP contribution is -2.46. The van der Waals surface area contributed by atoms with Crippen molar-refractivity contribution in [3.63, 3.8) is 0 Å². The second-order valence-electron chi connectivity index (χ2n) is 4.96. The maximum absolute atomic E-state index is 11.8. The van der Waals surface area contributed by atoms with E-state index in [1.54, 1.807) is 4.90 Å². The van der Waals surface area contributed by atoms with Gasteiger partial charge in [-0.15, -0.1) is 0 Å². The Balaban J connectivity index is 2.10. The highest BCUT2D eigenvalue weighted by Gasteiger charge is 2.24. The van der Waals surface area contributed by atoms with E-state index >= 15 is 0 Å². The molecule has 1 unspecified atom stereocenters. The van der Waals surface area contributed by atoms with E-state index < -0.39 is 0 Å². The van der Waals surface area contributed by atoms with Crippen molar-refractivity contribution in [1.29, 1.82) is 0 Å². The number of anilines is 1. The predicted molar refractivity (Wildman–Crippen MR) is 71.8 cm³/mol. The van der Waals surface area contributed by atoms with Crippen LogP contribution in [0.2, 0.25) is 0 Å². The summed E-state index contributed by atoms with van der Waals surface area (Å²) in [4.78, 5) is 13.6. The summed E-state index contributed by atoms with van der Waals surface area (Å²) in [6.45, 7) is 4.57. The van der Waals surface area contributed by atoms with Gasteiger partial charge in [-0.25, -0.2) is 0 Å². The second kappa shape index (κ2) is 5.40. The van der Waals surface area contributed by atoms with Crippen molar-refractivity contribution in [2.45, 2.75) is 38.8 Å². The van der Waals surface area contributed by atoms with Crippen LogP contribution in [0.25, 0.3) is 0 Å². The van der Waals surface area contributed by atoms with Gasteiger partial charge >= 0.3 is 0 Å². The number of hydrogen-bond donors (Lipinski definition) is 1. The molecule has 1 amide bonds. The lowest BCUT2D eigenvalue weighted by Gasteiger charge is -2.30. The van der Waals surface area contributed by atoms with Crippen LogP contribution < -0.4 is 15.4 Å².